The first-order chi connectivity index (χ1) is 8.72. The zero-order valence-electron chi connectivity index (χ0n) is 10.3. The lowest BCUT2D eigenvalue weighted by Crippen LogP contribution is -2.36. The molecule has 1 aliphatic rings. The van der Waals surface area contributed by atoms with Gasteiger partial charge in [-0.1, -0.05) is 17.7 Å². The monoisotopic (exact) mass is 267 g/mol. The Balaban J connectivity index is 1.95. The maximum absolute atomic E-state index is 9.01. The lowest BCUT2D eigenvalue weighted by atomic mass is 10.1. The van der Waals surface area contributed by atoms with Crippen molar-refractivity contribution in [2.45, 2.75) is 12.5 Å². The normalized spacial score (nSPS) is 17.6. The van der Waals surface area contributed by atoms with Crippen LogP contribution in [0, 0.1) is 0 Å². The SMILES string of the molecule is C=CCN(CCO)CC1Cc2cc(Cl)ccc2O1. The van der Waals surface area contributed by atoms with Crippen molar-refractivity contribution in [3.8, 4) is 5.75 Å². The Morgan fingerprint density at radius 2 is 2.39 bits per heavy atom. The van der Waals surface area contributed by atoms with Gasteiger partial charge in [-0.15, -0.1) is 6.58 Å². The summed E-state index contributed by atoms with van der Waals surface area (Å²) in [4.78, 5) is 2.13. The summed E-state index contributed by atoms with van der Waals surface area (Å²) in [7, 11) is 0. The minimum Gasteiger partial charge on any atom is -0.488 e. The number of aliphatic hydroxyl groups excluding tert-OH is 1. The molecule has 1 aromatic rings. The maximum atomic E-state index is 9.01. The first kappa shape index (κ1) is 13.4. The van der Waals surface area contributed by atoms with Gasteiger partial charge in [-0.3, -0.25) is 4.90 Å². The summed E-state index contributed by atoms with van der Waals surface area (Å²) in [6.07, 6.45) is 2.84. The van der Waals surface area contributed by atoms with Crippen molar-refractivity contribution in [3.05, 3.63) is 41.4 Å². The van der Waals surface area contributed by atoms with Crippen LogP contribution in [-0.4, -0.2) is 42.4 Å². The predicted molar refractivity (Wildman–Crippen MR) is 73.3 cm³/mol. The van der Waals surface area contributed by atoms with Crippen LogP contribution in [0.15, 0.2) is 30.9 Å². The third kappa shape index (κ3) is 3.25. The molecule has 1 heterocycles. The number of hydrogen-bond acceptors (Lipinski definition) is 3. The molecule has 0 bridgehead atoms. The highest BCUT2D eigenvalue weighted by molar-refractivity contribution is 6.30. The quantitative estimate of drug-likeness (QED) is 0.802. The van der Waals surface area contributed by atoms with Crippen LogP contribution < -0.4 is 4.74 Å². The standard InChI is InChI=1S/C14H18ClNO2/c1-2-5-16(6-7-17)10-13-9-11-8-12(15)3-4-14(11)18-13/h2-4,8,13,17H,1,5-7,9-10H2. The second kappa shape index (κ2) is 6.23. The van der Waals surface area contributed by atoms with E-state index in [4.69, 9.17) is 21.4 Å². The molecule has 3 nitrogen and oxygen atoms in total. The molecule has 0 amide bonds. The fourth-order valence-electron chi connectivity index (χ4n) is 2.26. The summed E-state index contributed by atoms with van der Waals surface area (Å²) < 4.78 is 5.87. The molecule has 0 saturated carbocycles. The molecule has 1 N–H and O–H groups in total. The number of rotatable bonds is 6. The van der Waals surface area contributed by atoms with Gasteiger partial charge in [-0.05, 0) is 23.8 Å². The summed E-state index contributed by atoms with van der Waals surface area (Å²) in [6.45, 7) is 6.07. The third-order valence-corrected chi connectivity index (χ3v) is 3.26. The average molecular weight is 268 g/mol. The Bertz CT molecular complexity index is 422. The van der Waals surface area contributed by atoms with E-state index < -0.39 is 0 Å². The Morgan fingerprint density at radius 1 is 1.56 bits per heavy atom. The Morgan fingerprint density at radius 3 is 3.11 bits per heavy atom. The Hall–Kier alpha value is -1.03. The van der Waals surface area contributed by atoms with Crippen LogP contribution >= 0.6 is 11.6 Å². The largest absolute Gasteiger partial charge is 0.488 e. The average Bonchev–Trinajstić information content (AvgIpc) is 2.71. The van der Waals surface area contributed by atoms with E-state index in [1.165, 1.54) is 0 Å². The molecule has 1 atom stereocenters. The van der Waals surface area contributed by atoms with Crippen LogP contribution in [0.2, 0.25) is 5.02 Å². The predicted octanol–water partition coefficient (Wildman–Crippen LogP) is 2.12. The smallest absolute Gasteiger partial charge is 0.123 e. The van der Waals surface area contributed by atoms with Gasteiger partial charge in [0.1, 0.15) is 11.9 Å². The minimum absolute atomic E-state index is 0.130. The van der Waals surface area contributed by atoms with Crippen molar-refractivity contribution in [2.75, 3.05) is 26.2 Å². The van der Waals surface area contributed by atoms with Gasteiger partial charge in [0.15, 0.2) is 0 Å². The van der Waals surface area contributed by atoms with Crippen molar-refractivity contribution < 1.29 is 9.84 Å². The molecule has 1 unspecified atom stereocenters. The van der Waals surface area contributed by atoms with Crippen LogP contribution in [0.3, 0.4) is 0 Å². The molecule has 0 aliphatic carbocycles. The summed E-state index contributed by atoms with van der Waals surface area (Å²) in [6, 6.07) is 5.72. The minimum atomic E-state index is 0.130. The van der Waals surface area contributed by atoms with E-state index in [9.17, 15) is 0 Å². The van der Waals surface area contributed by atoms with Gasteiger partial charge >= 0.3 is 0 Å². The summed E-state index contributed by atoms with van der Waals surface area (Å²) in [5.41, 5.74) is 1.16. The number of ether oxygens (including phenoxy) is 1. The van der Waals surface area contributed by atoms with Crippen LogP contribution in [0.5, 0.6) is 5.75 Å². The van der Waals surface area contributed by atoms with Crippen molar-refractivity contribution >= 4 is 11.6 Å². The molecular formula is C14H18ClNO2. The number of halogens is 1. The summed E-state index contributed by atoms with van der Waals surface area (Å²) in [5, 5.41) is 9.76. The Kier molecular flexibility index (Phi) is 4.64. The number of benzene rings is 1. The molecule has 0 aromatic heterocycles. The highest BCUT2D eigenvalue weighted by Crippen LogP contribution is 2.31. The summed E-state index contributed by atoms with van der Waals surface area (Å²) >= 11 is 5.96. The number of aliphatic hydroxyl groups is 1. The number of nitrogens with zero attached hydrogens (tertiary/aromatic N) is 1. The van der Waals surface area contributed by atoms with Crippen molar-refractivity contribution in [1.82, 2.24) is 4.90 Å². The van der Waals surface area contributed by atoms with E-state index in [1.54, 1.807) is 0 Å². The second-order valence-corrected chi connectivity index (χ2v) is 4.90. The van der Waals surface area contributed by atoms with Crippen molar-refractivity contribution in [3.63, 3.8) is 0 Å². The maximum Gasteiger partial charge on any atom is 0.123 e. The van der Waals surface area contributed by atoms with Crippen LogP contribution in [-0.2, 0) is 6.42 Å². The Labute approximate surface area is 113 Å². The fourth-order valence-corrected chi connectivity index (χ4v) is 2.45. The molecule has 0 spiro atoms. The molecule has 18 heavy (non-hydrogen) atoms. The molecule has 0 fully saturated rings. The molecule has 1 aromatic carbocycles. The second-order valence-electron chi connectivity index (χ2n) is 4.47. The number of hydrogen-bond donors (Lipinski definition) is 1. The molecule has 0 saturated heterocycles. The molecule has 4 heteroatoms. The van der Waals surface area contributed by atoms with E-state index >= 15 is 0 Å². The van der Waals surface area contributed by atoms with E-state index in [1.807, 2.05) is 24.3 Å². The molecule has 1 aliphatic heterocycles. The third-order valence-electron chi connectivity index (χ3n) is 3.03. The first-order valence-corrected chi connectivity index (χ1v) is 6.50. The van der Waals surface area contributed by atoms with E-state index in [0.717, 1.165) is 35.8 Å². The molecular weight excluding hydrogens is 250 g/mol. The van der Waals surface area contributed by atoms with E-state index in [2.05, 4.69) is 11.5 Å². The van der Waals surface area contributed by atoms with Crippen LogP contribution in [0.4, 0.5) is 0 Å². The van der Waals surface area contributed by atoms with Crippen LogP contribution in [0.25, 0.3) is 0 Å². The van der Waals surface area contributed by atoms with E-state index in [0.29, 0.717) is 6.54 Å². The van der Waals surface area contributed by atoms with Crippen molar-refractivity contribution in [1.29, 1.82) is 0 Å². The fraction of sp³-hybridized carbons (Fsp3) is 0.429. The molecule has 2 rings (SSSR count). The van der Waals surface area contributed by atoms with E-state index in [-0.39, 0.29) is 12.7 Å². The highest BCUT2D eigenvalue weighted by atomic mass is 35.5. The van der Waals surface area contributed by atoms with Crippen LogP contribution in [0.1, 0.15) is 5.56 Å². The van der Waals surface area contributed by atoms with Gasteiger partial charge < -0.3 is 9.84 Å². The van der Waals surface area contributed by atoms with Gasteiger partial charge in [0, 0.05) is 31.1 Å². The highest BCUT2D eigenvalue weighted by Gasteiger charge is 2.24. The zero-order valence-corrected chi connectivity index (χ0v) is 11.1. The summed E-state index contributed by atoms with van der Waals surface area (Å²) in [5.74, 6) is 0.923. The van der Waals surface area contributed by atoms with Gasteiger partial charge in [-0.25, -0.2) is 0 Å². The molecule has 98 valence electrons. The number of fused-ring (bicyclic) bond motifs is 1. The first-order valence-electron chi connectivity index (χ1n) is 6.12. The van der Waals surface area contributed by atoms with Gasteiger partial charge in [0.2, 0.25) is 0 Å². The topological polar surface area (TPSA) is 32.7 Å². The van der Waals surface area contributed by atoms with Gasteiger partial charge in [0.05, 0.1) is 6.61 Å². The van der Waals surface area contributed by atoms with Gasteiger partial charge in [0.25, 0.3) is 0 Å². The lowest BCUT2D eigenvalue weighted by molar-refractivity contribution is 0.138. The molecule has 0 radical (unpaired) electrons. The lowest BCUT2D eigenvalue weighted by Gasteiger charge is -2.22. The van der Waals surface area contributed by atoms with Gasteiger partial charge in [-0.2, -0.15) is 0 Å². The van der Waals surface area contributed by atoms with Crippen molar-refractivity contribution in [2.24, 2.45) is 0 Å². The zero-order chi connectivity index (χ0) is 13.0.